The predicted octanol–water partition coefficient (Wildman–Crippen LogP) is 4.39. The minimum atomic E-state index is 0.724. The summed E-state index contributed by atoms with van der Waals surface area (Å²) in [6.07, 6.45) is 0. The van der Waals surface area contributed by atoms with Crippen molar-refractivity contribution in [2.75, 3.05) is 19.5 Å². The van der Waals surface area contributed by atoms with E-state index in [1.807, 2.05) is 37.3 Å². The van der Waals surface area contributed by atoms with Crippen LogP contribution in [0.5, 0.6) is 11.5 Å². The van der Waals surface area contributed by atoms with Gasteiger partial charge in [0.1, 0.15) is 11.5 Å². The molecule has 1 N–H and O–H groups in total. The van der Waals surface area contributed by atoms with Crippen LogP contribution in [0.4, 0.5) is 5.69 Å². The van der Waals surface area contributed by atoms with Crippen molar-refractivity contribution in [1.29, 1.82) is 0 Å². The van der Waals surface area contributed by atoms with Crippen LogP contribution in [-0.4, -0.2) is 14.2 Å². The maximum Gasteiger partial charge on any atom is 0.142 e. The van der Waals surface area contributed by atoms with Gasteiger partial charge in [-0.25, -0.2) is 0 Å². The zero-order valence-electron chi connectivity index (χ0n) is 11.9. The Morgan fingerprint density at radius 2 is 1.75 bits per heavy atom. The van der Waals surface area contributed by atoms with Gasteiger partial charge in [-0.3, -0.25) is 0 Å². The molecule has 3 nitrogen and oxygen atoms in total. The van der Waals surface area contributed by atoms with Crippen molar-refractivity contribution in [3.63, 3.8) is 0 Å². The highest BCUT2D eigenvalue weighted by Crippen LogP contribution is 2.28. The largest absolute Gasteiger partial charge is 0.496 e. The zero-order chi connectivity index (χ0) is 14.5. The summed E-state index contributed by atoms with van der Waals surface area (Å²) in [6.45, 7) is 2.77. The third kappa shape index (κ3) is 3.45. The maximum absolute atomic E-state index is 5.38. The van der Waals surface area contributed by atoms with Crippen LogP contribution in [0.15, 0.2) is 40.9 Å². The smallest absolute Gasteiger partial charge is 0.142 e. The quantitative estimate of drug-likeness (QED) is 0.879. The van der Waals surface area contributed by atoms with E-state index in [1.165, 1.54) is 11.1 Å². The van der Waals surface area contributed by atoms with Crippen molar-refractivity contribution in [3.8, 4) is 11.5 Å². The van der Waals surface area contributed by atoms with E-state index >= 15 is 0 Å². The van der Waals surface area contributed by atoms with Crippen LogP contribution in [0.2, 0.25) is 0 Å². The van der Waals surface area contributed by atoms with Crippen molar-refractivity contribution in [1.82, 2.24) is 0 Å². The summed E-state index contributed by atoms with van der Waals surface area (Å²) in [5, 5.41) is 3.39. The molecule has 106 valence electrons. The molecule has 0 bridgehead atoms. The molecule has 2 aromatic rings. The van der Waals surface area contributed by atoms with Gasteiger partial charge >= 0.3 is 0 Å². The number of rotatable bonds is 5. The molecule has 4 heteroatoms. The monoisotopic (exact) mass is 335 g/mol. The van der Waals surface area contributed by atoms with Gasteiger partial charge in [-0.15, -0.1) is 0 Å². The first-order valence-corrected chi connectivity index (χ1v) is 7.14. The van der Waals surface area contributed by atoms with Crippen LogP contribution in [0, 0.1) is 6.92 Å². The number of aryl methyl sites for hydroxylation is 1. The SMILES string of the molecule is COc1ccc(CNc2ccc(C)cc2OC)cc1Br. The van der Waals surface area contributed by atoms with E-state index in [-0.39, 0.29) is 0 Å². The second-order valence-corrected chi connectivity index (χ2v) is 5.38. The molecule has 0 unspecified atom stereocenters. The van der Waals surface area contributed by atoms with Crippen LogP contribution in [0.1, 0.15) is 11.1 Å². The van der Waals surface area contributed by atoms with E-state index in [9.17, 15) is 0 Å². The highest BCUT2D eigenvalue weighted by molar-refractivity contribution is 9.10. The van der Waals surface area contributed by atoms with Crippen LogP contribution in [-0.2, 0) is 6.54 Å². The molecule has 0 spiro atoms. The highest BCUT2D eigenvalue weighted by Gasteiger charge is 2.04. The lowest BCUT2D eigenvalue weighted by Crippen LogP contribution is -2.02. The van der Waals surface area contributed by atoms with Gasteiger partial charge in [-0.1, -0.05) is 12.1 Å². The highest BCUT2D eigenvalue weighted by atomic mass is 79.9. The second kappa shape index (κ2) is 6.66. The fourth-order valence-electron chi connectivity index (χ4n) is 1.96. The van der Waals surface area contributed by atoms with Crippen LogP contribution in [0.3, 0.4) is 0 Å². The average Bonchev–Trinajstić information content (AvgIpc) is 2.46. The van der Waals surface area contributed by atoms with Gasteiger partial charge in [0, 0.05) is 6.54 Å². The number of hydrogen-bond donors (Lipinski definition) is 1. The molecular weight excluding hydrogens is 318 g/mol. The topological polar surface area (TPSA) is 30.5 Å². The van der Waals surface area contributed by atoms with E-state index in [1.54, 1.807) is 14.2 Å². The number of anilines is 1. The molecule has 0 saturated carbocycles. The van der Waals surface area contributed by atoms with Crippen LogP contribution in [0.25, 0.3) is 0 Å². The lowest BCUT2D eigenvalue weighted by atomic mass is 10.2. The summed E-state index contributed by atoms with van der Waals surface area (Å²) in [6, 6.07) is 12.2. The Labute approximate surface area is 128 Å². The molecule has 0 aliphatic rings. The number of halogens is 1. The van der Waals surface area contributed by atoms with E-state index in [0.717, 1.165) is 28.2 Å². The molecule has 0 aliphatic carbocycles. The van der Waals surface area contributed by atoms with Crippen molar-refractivity contribution < 1.29 is 9.47 Å². The standard InChI is InChI=1S/C16H18BrNO2/c1-11-4-6-14(16(8-11)20-3)18-10-12-5-7-15(19-2)13(17)9-12/h4-9,18H,10H2,1-3H3. The summed E-state index contributed by atoms with van der Waals surface area (Å²) in [5.41, 5.74) is 3.34. The van der Waals surface area contributed by atoms with Gasteiger partial charge in [0.25, 0.3) is 0 Å². The average molecular weight is 336 g/mol. The summed E-state index contributed by atoms with van der Waals surface area (Å²) in [7, 11) is 3.35. The molecule has 20 heavy (non-hydrogen) atoms. The van der Waals surface area contributed by atoms with Crippen molar-refractivity contribution in [3.05, 3.63) is 52.0 Å². The predicted molar refractivity (Wildman–Crippen MR) is 85.8 cm³/mol. The number of methoxy groups -OCH3 is 2. The minimum Gasteiger partial charge on any atom is -0.496 e. The van der Waals surface area contributed by atoms with Gasteiger partial charge in [0.15, 0.2) is 0 Å². The third-order valence-electron chi connectivity index (χ3n) is 3.06. The molecule has 0 amide bonds. The minimum absolute atomic E-state index is 0.724. The third-order valence-corrected chi connectivity index (χ3v) is 3.68. The summed E-state index contributed by atoms with van der Waals surface area (Å²) in [5.74, 6) is 1.69. The zero-order valence-corrected chi connectivity index (χ0v) is 13.5. The van der Waals surface area contributed by atoms with Gasteiger partial charge in [-0.2, -0.15) is 0 Å². The fourth-order valence-corrected chi connectivity index (χ4v) is 2.55. The van der Waals surface area contributed by atoms with Crippen LogP contribution < -0.4 is 14.8 Å². The Bertz CT molecular complexity index is 599. The summed E-state index contributed by atoms with van der Waals surface area (Å²) in [4.78, 5) is 0. The Morgan fingerprint density at radius 1 is 1.00 bits per heavy atom. The fraction of sp³-hybridized carbons (Fsp3) is 0.250. The number of benzene rings is 2. The first-order chi connectivity index (χ1) is 9.63. The van der Waals surface area contributed by atoms with Crippen molar-refractivity contribution in [2.45, 2.75) is 13.5 Å². The maximum atomic E-state index is 5.38. The Balaban J connectivity index is 2.10. The van der Waals surface area contributed by atoms with E-state index in [0.29, 0.717) is 0 Å². The van der Waals surface area contributed by atoms with Gasteiger partial charge in [-0.05, 0) is 58.2 Å². The van der Waals surface area contributed by atoms with E-state index < -0.39 is 0 Å². The Morgan fingerprint density at radius 3 is 2.40 bits per heavy atom. The molecule has 0 saturated heterocycles. The van der Waals surface area contributed by atoms with Crippen LogP contribution >= 0.6 is 15.9 Å². The van der Waals surface area contributed by atoms with Crippen molar-refractivity contribution >= 4 is 21.6 Å². The Kier molecular flexibility index (Phi) is 4.90. The lowest BCUT2D eigenvalue weighted by Gasteiger charge is -2.12. The molecule has 0 aromatic heterocycles. The normalized spacial score (nSPS) is 10.2. The summed E-state index contributed by atoms with van der Waals surface area (Å²) >= 11 is 3.49. The van der Waals surface area contributed by atoms with E-state index in [4.69, 9.17) is 9.47 Å². The molecule has 0 atom stereocenters. The summed E-state index contributed by atoms with van der Waals surface area (Å²) < 4.78 is 11.6. The molecular formula is C16H18BrNO2. The van der Waals surface area contributed by atoms with Crippen molar-refractivity contribution in [2.24, 2.45) is 0 Å². The Hall–Kier alpha value is -1.68. The number of ether oxygens (including phenoxy) is 2. The number of nitrogens with one attached hydrogen (secondary N) is 1. The molecule has 0 heterocycles. The molecule has 2 aromatic carbocycles. The molecule has 0 radical (unpaired) electrons. The van der Waals surface area contributed by atoms with Gasteiger partial charge < -0.3 is 14.8 Å². The second-order valence-electron chi connectivity index (χ2n) is 4.53. The molecule has 2 rings (SSSR count). The lowest BCUT2D eigenvalue weighted by molar-refractivity contribution is 0.412. The van der Waals surface area contributed by atoms with E-state index in [2.05, 4.69) is 27.3 Å². The first-order valence-electron chi connectivity index (χ1n) is 6.35. The first kappa shape index (κ1) is 14.7. The number of hydrogen-bond acceptors (Lipinski definition) is 3. The molecule has 0 fully saturated rings. The molecule has 0 aliphatic heterocycles. The van der Waals surface area contributed by atoms with Gasteiger partial charge in [0.2, 0.25) is 0 Å². The van der Waals surface area contributed by atoms with Gasteiger partial charge in [0.05, 0.1) is 24.4 Å².